The zero-order chi connectivity index (χ0) is 21.3. The average molecular weight is 456 g/mol. The number of hydrogen-bond donors (Lipinski definition) is 1. The third-order valence-corrected chi connectivity index (χ3v) is 5.49. The lowest BCUT2D eigenvalue weighted by molar-refractivity contribution is -0.577. The summed E-state index contributed by atoms with van der Waals surface area (Å²) in [5.74, 6) is -1.68. The largest absolute Gasteiger partial charge is 1.00 e. The van der Waals surface area contributed by atoms with Gasteiger partial charge in [0.25, 0.3) is 5.91 Å². The summed E-state index contributed by atoms with van der Waals surface area (Å²) in [6.45, 7) is 1.96. The van der Waals surface area contributed by atoms with Crippen molar-refractivity contribution in [2.75, 3.05) is 17.3 Å². The fourth-order valence-corrected chi connectivity index (χ4v) is 3.93. The zero-order valence-corrected chi connectivity index (χ0v) is 18.2. The van der Waals surface area contributed by atoms with Gasteiger partial charge in [-0.3, -0.25) is 9.59 Å². The first-order valence-corrected chi connectivity index (χ1v) is 9.98. The van der Waals surface area contributed by atoms with E-state index in [2.05, 4.69) is 5.32 Å². The maximum absolute atomic E-state index is 13.4. The minimum Gasteiger partial charge on any atom is -1.00 e. The van der Waals surface area contributed by atoms with E-state index in [0.29, 0.717) is 5.69 Å². The summed E-state index contributed by atoms with van der Waals surface area (Å²) >= 11 is 1.11. The van der Waals surface area contributed by atoms with Gasteiger partial charge in [-0.15, -0.1) is 11.3 Å². The molecule has 0 spiro atoms. The van der Waals surface area contributed by atoms with Gasteiger partial charge >= 0.3 is 17.6 Å². The molecule has 1 aliphatic heterocycles. The van der Waals surface area contributed by atoms with Crippen LogP contribution in [0.2, 0.25) is 0 Å². The van der Waals surface area contributed by atoms with Crippen molar-refractivity contribution in [3.8, 4) is 0 Å². The first kappa shape index (κ1) is 22.2. The molecule has 0 fully saturated rings. The van der Waals surface area contributed by atoms with Crippen molar-refractivity contribution >= 4 is 46.2 Å². The van der Waals surface area contributed by atoms with Gasteiger partial charge in [-0.1, -0.05) is 23.8 Å². The minimum absolute atomic E-state index is 0. The van der Waals surface area contributed by atoms with Crippen molar-refractivity contribution in [1.29, 1.82) is 0 Å². The van der Waals surface area contributed by atoms with Crippen LogP contribution in [0.25, 0.3) is 5.70 Å². The smallest absolute Gasteiger partial charge is 0.350 e. The van der Waals surface area contributed by atoms with Crippen LogP contribution in [0.15, 0.2) is 72.0 Å². The van der Waals surface area contributed by atoms with Crippen LogP contribution in [0.3, 0.4) is 0 Å². The van der Waals surface area contributed by atoms with Gasteiger partial charge in [-0.05, 0) is 30.5 Å². The lowest BCUT2D eigenvalue weighted by Crippen LogP contribution is -3.00. The standard InChI is InChI=1S/C22H17N3O4S.ClH/c1-14-6-8-15(9-7-14)23-17-18(24-11-4-3-5-12-24)21(27)25(20(17)26)16-10-13-30-19(16)22(28)29-2;/h3-13H,1-2H3;1H. The number of rotatable bonds is 5. The Hall–Kier alpha value is -3.49. The van der Waals surface area contributed by atoms with Crippen LogP contribution in [-0.4, -0.2) is 24.9 Å². The quantitative estimate of drug-likeness (QED) is 0.332. The number of esters is 1. The molecule has 9 heteroatoms. The molecule has 0 radical (unpaired) electrons. The average Bonchev–Trinajstić information content (AvgIpc) is 3.32. The van der Waals surface area contributed by atoms with Crippen molar-refractivity contribution in [1.82, 2.24) is 0 Å². The van der Waals surface area contributed by atoms with E-state index < -0.39 is 17.8 Å². The normalized spacial score (nSPS) is 13.3. The van der Waals surface area contributed by atoms with E-state index in [1.165, 1.54) is 7.11 Å². The van der Waals surface area contributed by atoms with E-state index in [-0.39, 0.29) is 34.4 Å². The molecular weight excluding hydrogens is 438 g/mol. The molecular formula is C22H18ClN3O4S. The number of methoxy groups -OCH3 is 1. The summed E-state index contributed by atoms with van der Waals surface area (Å²) in [5.41, 5.74) is 2.25. The highest BCUT2D eigenvalue weighted by Gasteiger charge is 2.47. The Labute approximate surface area is 189 Å². The number of thiophene rings is 1. The number of carbonyl (C=O) groups excluding carboxylic acids is 3. The van der Waals surface area contributed by atoms with Crippen molar-refractivity contribution in [2.24, 2.45) is 0 Å². The Morgan fingerprint density at radius 1 is 1.03 bits per heavy atom. The second-order valence-electron chi connectivity index (χ2n) is 6.57. The van der Waals surface area contributed by atoms with Crippen LogP contribution in [-0.2, 0) is 14.3 Å². The molecule has 158 valence electrons. The van der Waals surface area contributed by atoms with Crippen LogP contribution in [0.1, 0.15) is 15.2 Å². The summed E-state index contributed by atoms with van der Waals surface area (Å²) < 4.78 is 6.38. The van der Waals surface area contributed by atoms with Crippen LogP contribution >= 0.6 is 11.3 Å². The maximum atomic E-state index is 13.4. The molecule has 7 nitrogen and oxygen atoms in total. The highest BCUT2D eigenvalue weighted by molar-refractivity contribution is 7.12. The SMILES string of the molecule is COC(=O)c1sccc1N1C(=O)C(Nc2ccc(C)cc2)=C([n+]2ccccc2)C1=O.[Cl-]. The van der Waals surface area contributed by atoms with Gasteiger partial charge in [-0.25, -0.2) is 9.69 Å². The molecule has 1 N–H and O–H groups in total. The van der Waals surface area contributed by atoms with Crippen molar-refractivity contribution < 1.29 is 36.1 Å². The molecule has 2 aromatic heterocycles. The minimum atomic E-state index is -0.602. The molecule has 0 saturated heterocycles. The highest BCUT2D eigenvalue weighted by atomic mass is 35.5. The summed E-state index contributed by atoms with van der Waals surface area (Å²) in [5, 5.41) is 4.73. The topological polar surface area (TPSA) is 79.6 Å². The van der Waals surface area contributed by atoms with Gasteiger partial charge < -0.3 is 22.5 Å². The van der Waals surface area contributed by atoms with Crippen LogP contribution < -0.4 is 27.2 Å². The van der Waals surface area contributed by atoms with Gasteiger partial charge in [-0.2, -0.15) is 4.57 Å². The van der Waals surface area contributed by atoms with E-state index in [1.807, 2.05) is 37.3 Å². The third-order valence-electron chi connectivity index (χ3n) is 4.61. The maximum Gasteiger partial charge on any atom is 0.350 e. The number of pyridine rings is 1. The number of aryl methyl sites for hydroxylation is 1. The van der Waals surface area contributed by atoms with Crippen LogP contribution in [0.5, 0.6) is 0 Å². The van der Waals surface area contributed by atoms with Crippen molar-refractivity contribution in [3.63, 3.8) is 0 Å². The molecule has 0 unspecified atom stereocenters. The molecule has 4 rings (SSSR count). The Morgan fingerprint density at radius 2 is 1.71 bits per heavy atom. The van der Waals surface area contributed by atoms with Crippen LogP contribution in [0, 0.1) is 6.92 Å². The molecule has 3 aromatic rings. The summed E-state index contributed by atoms with van der Waals surface area (Å²) in [7, 11) is 1.26. The first-order chi connectivity index (χ1) is 14.5. The summed E-state index contributed by atoms with van der Waals surface area (Å²) in [6, 6.07) is 14.4. The first-order valence-electron chi connectivity index (χ1n) is 9.10. The summed E-state index contributed by atoms with van der Waals surface area (Å²) in [6.07, 6.45) is 3.38. The Kier molecular flexibility index (Phi) is 6.53. The molecule has 2 amide bonds. The van der Waals surface area contributed by atoms with Gasteiger partial charge in [0.2, 0.25) is 0 Å². The number of aromatic nitrogens is 1. The molecule has 0 atom stereocenters. The second kappa shape index (κ2) is 9.11. The fraction of sp³-hybridized carbons (Fsp3) is 0.0909. The third kappa shape index (κ3) is 4.08. The number of benzene rings is 1. The van der Waals surface area contributed by atoms with E-state index >= 15 is 0 Å². The Morgan fingerprint density at radius 3 is 2.35 bits per heavy atom. The van der Waals surface area contributed by atoms with E-state index in [1.54, 1.807) is 40.5 Å². The lowest BCUT2D eigenvalue weighted by atomic mass is 10.2. The Balaban J connectivity index is 0.00000272. The van der Waals surface area contributed by atoms with Crippen LogP contribution in [0.4, 0.5) is 11.4 Å². The summed E-state index contributed by atoms with van der Waals surface area (Å²) in [4.78, 5) is 40.1. The van der Waals surface area contributed by atoms with E-state index in [9.17, 15) is 14.4 Å². The molecule has 3 heterocycles. The van der Waals surface area contributed by atoms with Gasteiger partial charge in [0.1, 0.15) is 4.88 Å². The number of ether oxygens (including phenoxy) is 1. The Bertz CT molecular complexity index is 1170. The van der Waals surface area contributed by atoms with Crippen molar-refractivity contribution in [2.45, 2.75) is 6.92 Å². The second-order valence-corrected chi connectivity index (χ2v) is 7.49. The van der Waals surface area contributed by atoms with Gasteiger partial charge in [0.05, 0.1) is 12.8 Å². The molecule has 0 bridgehead atoms. The number of anilines is 2. The number of imide groups is 1. The van der Waals surface area contributed by atoms with Crippen molar-refractivity contribution in [3.05, 3.63) is 82.4 Å². The predicted octanol–water partition coefficient (Wildman–Crippen LogP) is -0.0113. The number of hydrogen-bond acceptors (Lipinski definition) is 6. The molecule has 0 saturated carbocycles. The number of nitrogens with one attached hydrogen (secondary N) is 1. The molecule has 0 aliphatic carbocycles. The van der Waals surface area contributed by atoms with E-state index in [4.69, 9.17) is 4.74 Å². The lowest BCUT2D eigenvalue weighted by Gasteiger charge is -2.14. The number of halogens is 1. The van der Waals surface area contributed by atoms with Gasteiger partial charge in [0.15, 0.2) is 18.1 Å². The fourth-order valence-electron chi connectivity index (χ4n) is 3.14. The monoisotopic (exact) mass is 455 g/mol. The number of carbonyl (C=O) groups is 3. The number of nitrogens with zero attached hydrogens (tertiary/aromatic N) is 2. The highest BCUT2D eigenvalue weighted by Crippen LogP contribution is 2.33. The zero-order valence-electron chi connectivity index (χ0n) is 16.7. The number of amides is 2. The van der Waals surface area contributed by atoms with E-state index in [0.717, 1.165) is 21.8 Å². The molecule has 31 heavy (non-hydrogen) atoms. The predicted molar refractivity (Wildman–Crippen MR) is 113 cm³/mol. The van der Waals surface area contributed by atoms with Gasteiger partial charge in [0, 0.05) is 17.8 Å². The molecule has 1 aliphatic rings. The molecule has 1 aromatic carbocycles.